The van der Waals surface area contributed by atoms with Crippen LogP contribution >= 0.6 is 0 Å². The Hall–Kier alpha value is -8.07. The zero-order chi connectivity index (χ0) is 38.6. The van der Waals surface area contributed by atoms with Crippen molar-refractivity contribution in [2.75, 3.05) is 0 Å². The zero-order valence-corrected chi connectivity index (χ0v) is 31.3. The van der Waals surface area contributed by atoms with E-state index in [-0.39, 0.29) is 0 Å². The van der Waals surface area contributed by atoms with Crippen LogP contribution in [0.5, 0.6) is 0 Å². The summed E-state index contributed by atoms with van der Waals surface area (Å²) in [5.74, 6) is 1.46. The minimum Gasteiger partial charge on any atom is -0.309 e. The Morgan fingerprint density at radius 1 is 0.362 bits per heavy atom. The number of para-hydroxylation sites is 3. The van der Waals surface area contributed by atoms with Crippen molar-refractivity contribution in [3.05, 3.63) is 212 Å². The van der Waals surface area contributed by atoms with Gasteiger partial charge in [0.1, 0.15) is 5.82 Å². The van der Waals surface area contributed by atoms with E-state index in [4.69, 9.17) is 16.5 Å². The molecule has 11 rings (SSSR count). The third-order valence-corrected chi connectivity index (χ3v) is 11.2. The van der Waals surface area contributed by atoms with E-state index in [1.54, 1.807) is 0 Å². The Labute approximate surface area is 335 Å². The molecule has 58 heavy (non-hydrogen) atoms. The molecular formula is C53H33N5. The average molecular weight is 740 g/mol. The van der Waals surface area contributed by atoms with Crippen LogP contribution in [0.25, 0.3) is 105 Å². The lowest BCUT2D eigenvalue weighted by Gasteiger charge is -2.13. The maximum absolute atomic E-state index is 7.32. The first-order valence-electron chi connectivity index (χ1n) is 19.4. The maximum Gasteiger partial charge on any atom is 0.187 e. The van der Waals surface area contributed by atoms with Crippen molar-refractivity contribution in [3.8, 4) is 56.4 Å². The van der Waals surface area contributed by atoms with Gasteiger partial charge in [0.05, 0.1) is 34.3 Å². The molecule has 0 N–H and O–H groups in total. The molecule has 5 heteroatoms. The monoisotopic (exact) mass is 739 g/mol. The summed E-state index contributed by atoms with van der Waals surface area (Å²) in [6.07, 6.45) is 0. The zero-order valence-electron chi connectivity index (χ0n) is 31.3. The van der Waals surface area contributed by atoms with Crippen molar-refractivity contribution >= 4 is 49.3 Å². The highest BCUT2D eigenvalue weighted by Crippen LogP contribution is 2.39. The molecule has 3 heterocycles. The number of hydrogen-bond acceptors (Lipinski definition) is 2. The van der Waals surface area contributed by atoms with Crippen LogP contribution in [0.4, 0.5) is 5.69 Å². The summed E-state index contributed by atoms with van der Waals surface area (Å²) in [7, 11) is 0. The van der Waals surface area contributed by atoms with Gasteiger partial charge in [-0.15, -0.1) is 0 Å². The Morgan fingerprint density at radius 3 is 1.62 bits per heavy atom. The predicted molar refractivity (Wildman–Crippen MR) is 239 cm³/mol. The van der Waals surface area contributed by atoms with Crippen LogP contribution in [-0.4, -0.2) is 19.1 Å². The highest BCUT2D eigenvalue weighted by atomic mass is 15.1. The van der Waals surface area contributed by atoms with Gasteiger partial charge < -0.3 is 4.57 Å². The molecule has 5 nitrogen and oxygen atoms in total. The van der Waals surface area contributed by atoms with E-state index >= 15 is 0 Å². The standard InChI is InChI=1S/C53H33N5/c1-54-41-28-24-36(25-29-41)35-20-22-37(23-21-35)47-34-52(56-53(55-47)38-12-4-2-5-13-38)58-49-19-11-8-16-43(49)45-30-26-40(33-51(45)58)39-27-31-50-46(32-39)44-17-9-10-18-48(44)57(50)42-14-6-3-7-15-42/h2-34H. The van der Waals surface area contributed by atoms with E-state index in [0.29, 0.717) is 11.5 Å². The summed E-state index contributed by atoms with van der Waals surface area (Å²) in [5, 5.41) is 4.78. The van der Waals surface area contributed by atoms with Crippen LogP contribution in [0.2, 0.25) is 0 Å². The Kier molecular flexibility index (Phi) is 7.80. The third kappa shape index (κ3) is 5.55. The number of nitrogens with zero attached hydrogens (tertiary/aromatic N) is 5. The number of rotatable bonds is 6. The van der Waals surface area contributed by atoms with Gasteiger partial charge in [0.15, 0.2) is 11.5 Å². The topological polar surface area (TPSA) is 40.0 Å². The van der Waals surface area contributed by atoms with Gasteiger partial charge >= 0.3 is 0 Å². The lowest BCUT2D eigenvalue weighted by atomic mass is 10.0. The number of hydrogen-bond donors (Lipinski definition) is 0. The maximum atomic E-state index is 7.32. The number of fused-ring (bicyclic) bond motifs is 6. The Morgan fingerprint density at radius 2 is 0.897 bits per heavy atom. The molecule has 0 aliphatic rings. The largest absolute Gasteiger partial charge is 0.309 e. The van der Waals surface area contributed by atoms with Gasteiger partial charge in [0.2, 0.25) is 0 Å². The highest BCUT2D eigenvalue weighted by Gasteiger charge is 2.19. The third-order valence-electron chi connectivity index (χ3n) is 11.2. The first-order chi connectivity index (χ1) is 28.7. The molecule has 0 saturated heterocycles. The summed E-state index contributed by atoms with van der Waals surface area (Å²) >= 11 is 0. The SMILES string of the molecule is [C-]#[N+]c1ccc(-c2ccc(-c3cc(-n4c5ccccc5c5ccc(-c6ccc7c(c6)c6ccccc6n7-c6ccccc6)cc54)nc(-c4ccccc4)n3)cc2)cc1. The van der Waals surface area contributed by atoms with Crippen molar-refractivity contribution < 1.29 is 0 Å². The van der Waals surface area contributed by atoms with E-state index in [2.05, 4.69) is 172 Å². The van der Waals surface area contributed by atoms with Crippen molar-refractivity contribution in [2.24, 2.45) is 0 Å². The van der Waals surface area contributed by atoms with Crippen LogP contribution in [0.1, 0.15) is 0 Å². The molecule has 8 aromatic carbocycles. The van der Waals surface area contributed by atoms with Crippen molar-refractivity contribution in [1.29, 1.82) is 0 Å². The van der Waals surface area contributed by atoms with Crippen LogP contribution in [0, 0.1) is 6.57 Å². The minimum atomic E-state index is 0.632. The highest BCUT2D eigenvalue weighted by molar-refractivity contribution is 6.12. The number of aromatic nitrogens is 4. The molecule has 11 aromatic rings. The Bertz CT molecular complexity index is 3370. The fourth-order valence-electron chi connectivity index (χ4n) is 8.38. The van der Waals surface area contributed by atoms with E-state index < -0.39 is 0 Å². The van der Waals surface area contributed by atoms with Gasteiger partial charge in [0.25, 0.3) is 0 Å². The van der Waals surface area contributed by atoms with Crippen LogP contribution in [0.15, 0.2) is 200 Å². The summed E-state index contributed by atoms with van der Waals surface area (Å²) in [5.41, 5.74) is 13.5. The second-order valence-corrected chi connectivity index (χ2v) is 14.5. The average Bonchev–Trinajstić information content (AvgIpc) is 3.82. The van der Waals surface area contributed by atoms with Gasteiger partial charge in [-0.3, -0.25) is 4.57 Å². The van der Waals surface area contributed by atoms with Gasteiger partial charge in [-0.2, -0.15) is 0 Å². The second-order valence-electron chi connectivity index (χ2n) is 14.5. The van der Waals surface area contributed by atoms with E-state index in [0.717, 1.165) is 67.0 Å². The molecular weight excluding hydrogens is 707 g/mol. The summed E-state index contributed by atoms with van der Waals surface area (Å²) in [6, 6.07) is 70.0. The molecule has 0 atom stereocenters. The lowest BCUT2D eigenvalue weighted by Crippen LogP contribution is -2.02. The molecule has 0 amide bonds. The molecule has 3 aromatic heterocycles. The first-order valence-corrected chi connectivity index (χ1v) is 19.4. The minimum absolute atomic E-state index is 0.632. The van der Waals surface area contributed by atoms with Crippen molar-refractivity contribution in [3.63, 3.8) is 0 Å². The molecule has 0 fully saturated rings. The van der Waals surface area contributed by atoms with E-state index in [1.807, 2.05) is 42.5 Å². The molecule has 0 aliphatic carbocycles. The fraction of sp³-hybridized carbons (Fsp3) is 0. The van der Waals surface area contributed by atoms with E-state index in [9.17, 15) is 0 Å². The molecule has 270 valence electrons. The Balaban J connectivity index is 1.09. The lowest BCUT2D eigenvalue weighted by molar-refractivity contribution is 1.05. The molecule has 0 bridgehead atoms. The molecule has 0 saturated carbocycles. The molecule has 0 unspecified atom stereocenters. The van der Waals surface area contributed by atoms with Gasteiger partial charge in [-0.25, -0.2) is 14.8 Å². The summed E-state index contributed by atoms with van der Waals surface area (Å²) in [4.78, 5) is 14.0. The van der Waals surface area contributed by atoms with E-state index in [1.165, 1.54) is 27.2 Å². The smallest absolute Gasteiger partial charge is 0.187 e. The summed E-state index contributed by atoms with van der Waals surface area (Å²) < 4.78 is 4.65. The number of benzene rings is 8. The summed E-state index contributed by atoms with van der Waals surface area (Å²) in [6.45, 7) is 7.32. The quantitative estimate of drug-likeness (QED) is 0.159. The van der Waals surface area contributed by atoms with Gasteiger partial charge in [-0.05, 0) is 64.7 Å². The fourth-order valence-corrected chi connectivity index (χ4v) is 8.38. The van der Waals surface area contributed by atoms with Gasteiger partial charge in [-0.1, -0.05) is 152 Å². The van der Waals surface area contributed by atoms with Crippen LogP contribution in [-0.2, 0) is 0 Å². The van der Waals surface area contributed by atoms with Crippen LogP contribution < -0.4 is 0 Å². The van der Waals surface area contributed by atoms with Gasteiger partial charge in [0, 0.05) is 44.4 Å². The van der Waals surface area contributed by atoms with Crippen molar-refractivity contribution in [1.82, 2.24) is 19.1 Å². The molecule has 0 spiro atoms. The molecule has 0 aliphatic heterocycles. The molecule has 0 radical (unpaired) electrons. The normalized spacial score (nSPS) is 11.4. The first kappa shape index (κ1) is 33.3. The predicted octanol–water partition coefficient (Wildman–Crippen LogP) is 13.9. The van der Waals surface area contributed by atoms with Crippen LogP contribution in [0.3, 0.4) is 0 Å². The second kappa shape index (κ2) is 13.6. The van der Waals surface area contributed by atoms with Crippen molar-refractivity contribution in [2.45, 2.75) is 0 Å².